The van der Waals surface area contributed by atoms with Crippen LogP contribution in [0.1, 0.15) is 23.7 Å². The van der Waals surface area contributed by atoms with Crippen LogP contribution in [0.15, 0.2) is 66.7 Å². The molecule has 30 heavy (non-hydrogen) atoms. The van der Waals surface area contributed by atoms with E-state index >= 15 is 0 Å². The Hall–Kier alpha value is -3.32. The minimum atomic E-state index is -3.41. The van der Waals surface area contributed by atoms with Crippen molar-refractivity contribution >= 4 is 38.7 Å². The van der Waals surface area contributed by atoms with E-state index in [1.165, 1.54) is 4.31 Å². The number of carbonyl (C=O) groups is 1. The Kier molecular flexibility index (Phi) is 5.22. The maximum absolute atomic E-state index is 12.7. The van der Waals surface area contributed by atoms with Gasteiger partial charge in [0.2, 0.25) is 10.0 Å². The van der Waals surface area contributed by atoms with Crippen LogP contribution in [0.2, 0.25) is 0 Å². The number of nitrogens with zero attached hydrogens (tertiary/aromatic N) is 1. The second kappa shape index (κ2) is 7.84. The van der Waals surface area contributed by atoms with Gasteiger partial charge in [-0.3, -0.25) is 9.10 Å². The van der Waals surface area contributed by atoms with E-state index in [0.717, 1.165) is 16.8 Å². The average Bonchev–Trinajstić information content (AvgIpc) is 2.88. The maximum atomic E-state index is 12.7. The van der Waals surface area contributed by atoms with Crippen molar-refractivity contribution in [3.8, 4) is 11.1 Å². The summed E-state index contributed by atoms with van der Waals surface area (Å²) in [6.07, 6.45) is 0.548. The fourth-order valence-corrected chi connectivity index (χ4v) is 4.83. The highest BCUT2D eigenvalue weighted by molar-refractivity contribution is 7.92. The normalized spacial score (nSPS) is 12.8. The summed E-state index contributed by atoms with van der Waals surface area (Å²) in [6.45, 7) is 1.85. The average molecular weight is 422 g/mol. The van der Waals surface area contributed by atoms with Crippen LogP contribution in [0.5, 0.6) is 0 Å². The zero-order valence-corrected chi connectivity index (χ0v) is 17.7. The molecule has 7 heteroatoms. The number of sulfonamides is 1. The second-order valence-corrected chi connectivity index (χ2v) is 9.31. The Morgan fingerprint density at radius 2 is 1.50 bits per heavy atom. The fourth-order valence-electron chi connectivity index (χ4n) is 3.59. The summed E-state index contributed by atoms with van der Waals surface area (Å²) in [4.78, 5) is 12.7. The third-order valence-electron chi connectivity index (χ3n) is 5.14. The summed E-state index contributed by atoms with van der Waals surface area (Å²) < 4.78 is 26.6. The molecule has 0 saturated carbocycles. The minimum Gasteiger partial charge on any atom is -0.353 e. The first-order valence-electron chi connectivity index (χ1n) is 9.78. The minimum absolute atomic E-state index is 0.0839. The third-order valence-corrected chi connectivity index (χ3v) is 7.10. The van der Waals surface area contributed by atoms with E-state index in [-0.39, 0.29) is 11.7 Å². The van der Waals surface area contributed by atoms with E-state index < -0.39 is 10.0 Å². The van der Waals surface area contributed by atoms with Gasteiger partial charge in [-0.1, -0.05) is 43.3 Å². The summed E-state index contributed by atoms with van der Waals surface area (Å²) in [7, 11) is -1.83. The van der Waals surface area contributed by atoms with Crippen molar-refractivity contribution in [2.45, 2.75) is 13.3 Å². The molecule has 0 aliphatic carbocycles. The van der Waals surface area contributed by atoms with Gasteiger partial charge in [0.15, 0.2) is 0 Å². The number of amides is 1. The molecule has 1 heterocycles. The molecule has 0 fully saturated rings. The van der Waals surface area contributed by atoms with E-state index in [4.69, 9.17) is 0 Å². The van der Waals surface area contributed by atoms with Gasteiger partial charge in [-0.15, -0.1) is 0 Å². The molecule has 1 aliphatic rings. The molecule has 0 radical (unpaired) electrons. The zero-order valence-electron chi connectivity index (χ0n) is 16.8. The molecule has 0 unspecified atom stereocenters. The number of para-hydroxylation sites is 3. The molecule has 0 aromatic heterocycles. The fraction of sp³-hybridized carbons (Fsp3) is 0.174. The van der Waals surface area contributed by atoms with Crippen LogP contribution in [0.3, 0.4) is 0 Å². The highest BCUT2D eigenvalue weighted by Gasteiger charge is 2.22. The van der Waals surface area contributed by atoms with E-state index in [2.05, 4.69) is 10.6 Å². The first kappa shape index (κ1) is 20.0. The molecule has 1 amide bonds. The standard InChI is InChI=1S/C23H23N3O3S/c1-3-14-30(28,29)26(2)22-11-7-4-8-17(22)16-12-13-18-21(15-16)24-19-9-5-6-10-20(19)25-23(18)27/h4-13,15,24H,3,14H2,1-2H3,(H,25,27). The van der Waals surface area contributed by atoms with Crippen LogP contribution >= 0.6 is 0 Å². The van der Waals surface area contributed by atoms with E-state index in [0.29, 0.717) is 29.0 Å². The molecule has 0 saturated heterocycles. The lowest BCUT2D eigenvalue weighted by Gasteiger charge is -2.22. The summed E-state index contributed by atoms with van der Waals surface area (Å²) in [5.41, 5.74) is 4.92. The lowest BCUT2D eigenvalue weighted by molar-refractivity contribution is 0.102. The SMILES string of the molecule is CCCS(=O)(=O)N(C)c1ccccc1-c1ccc2c(c1)Nc1ccccc1NC2=O. The molecule has 0 spiro atoms. The van der Waals surface area contributed by atoms with Gasteiger partial charge >= 0.3 is 0 Å². The third kappa shape index (κ3) is 3.64. The van der Waals surface area contributed by atoms with Gasteiger partial charge in [0, 0.05) is 12.6 Å². The van der Waals surface area contributed by atoms with Crippen LogP contribution in [0, 0.1) is 0 Å². The highest BCUT2D eigenvalue weighted by Crippen LogP contribution is 2.37. The largest absolute Gasteiger partial charge is 0.353 e. The van der Waals surface area contributed by atoms with Crippen LogP contribution in [-0.2, 0) is 10.0 Å². The second-order valence-electron chi connectivity index (χ2n) is 7.19. The Balaban J connectivity index is 1.80. The van der Waals surface area contributed by atoms with E-state index in [9.17, 15) is 13.2 Å². The first-order valence-corrected chi connectivity index (χ1v) is 11.4. The topological polar surface area (TPSA) is 78.5 Å². The zero-order chi connectivity index (χ0) is 21.3. The van der Waals surface area contributed by atoms with Gasteiger partial charge < -0.3 is 10.6 Å². The van der Waals surface area contributed by atoms with Crippen LogP contribution < -0.4 is 14.9 Å². The van der Waals surface area contributed by atoms with Crippen LogP contribution in [0.25, 0.3) is 11.1 Å². The predicted octanol–water partition coefficient (Wildman–Crippen LogP) is 4.84. The van der Waals surface area contributed by atoms with Crippen molar-refractivity contribution in [1.29, 1.82) is 0 Å². The van der Waals surface area contributed by atoms with Gasteiger partial charge in [-0.2, -0.15) is 0 Å². The summed E-state index contributed by atoms with van der Waals surface area (Å²) in [5.74, 6) is -0.106. The molecular weight excluding hydrogens is 398 g/mol. The Bertz CT molecular complexity index is 1220. The van der Waals surface area contributed by atoms with Crippen molar-refractivity contribution in [3.05, 3.63) is 72.3 Å². The van der Waals surface area contributed by atoms with Gasteiger partial charge in [-0.25, -0.2) is 8.42 Å². The van der Waals surface area contributed by atoms with Gasteiger partial charge in [0.25, 0.3) is 5.91 Å². The molecule has 1 aliphatic heterocycles. The Morgan fingerprint density at radius 3 is 2.23 bits per heavy atom. The number of hydrogen-bond acceptors (Lipinski definition) is 4. The molecule has 0 atom stereocenters. The molecule has 3 aromatic carbocycles. The molecule has 3 aromatic rings. The molecular formula is C23H23N3O3S. The molecule has 154 valence electrons. The van der Waals surface area contributed by atoms with Crippen molar-refractivity contribution in [3.63, 3.8) is 0 Å². The van der Waals surface area contributed by atoms with Gasteiger partial charge in [-0.05, 0) is 42.3 Å². The quantitative estimate of drug-likeness (QED) is 0.618. The first-order chi connectivity index (χ1) is 14.4. The van der Waals surface area contributed by atoms with Crippen molar-refractivity contribution in [1.82, 2.24) is 0 Å². The van der Waals surface area contributed by atoms with Gasteiger partial charge in [0.1, 0.15) is 0 Å². The maximum Gasteiger partial charge on any atom is 0.257 e. The summed E-state index contributed by atoms with van der Waals surface area (Å²) >= 11 is 0. The van der Waals surface area contributed by atoms with Crippen LogP contribution in [0.4, 0.5) is 22.7 Å². The number of anilines is 4. The Morgan fingerprint density at radius 1 is 0.833 bits per heavy atom. The summed E-state index contributed by atoms with van der Waals surface area (Å²) in [6, 6.07) is 20.4. The molecule has 6 nitrogen and oxygen atoms in total. The van der Waals surface area contributed by atoms with E-state index in [1.54, 1.807) is 19.2 Å². The predicted molar refractivity (Wildman–Crippen MR) is 122 cm³/mol. The Labute approximate surface area is 176 Å². The van der Waals surface area contributed by atoms with Crippen molar-refractivity contribution in [2.24, 2.45) is 0 Å². The molecule has 4 rings (SSSR count). The number of hydrogen-bond donors (Lipinski definition) is 2. The van der Waals surface area contributed by atoms with Crippen LogP contribution in [-0.4, -0.2) is 27.1 Å². The van der Waals surface area contributed by atoms with Crippen molar-refractivity contribution in [2.75, 3.05) is 27.7 Å². The number of benzene rings is 3. The monoisotopic (exact) mass is 421 g/mol. The summed E-state index contributed by atoms with van der Waals surface area (Å²) in [5, 5.41) is 6.24. The molecule has 2 N–H and O–H groups in total. The lowest BCUT2D eigenvalue weighted by atomic mass is 10.0. The van der Waals surface area contributed by atoms with E-state index in [1.807, 2.05) is 61.5 Å². The van der Waals surface area contributed by atoms with Crippen molar-refractivity contribution < 1.29 is 13.2 Å². The number of fused-ring (bicyclic) bond motifs is 2. The highest BCUT2D eigenvalue weighted by atomic mass is 32.2. The number of rotatable bonds is 5. The number of nitrogens with one attached hydrogen (secondary N) is 2. The smallest absolute Gasteiger partial charge is 0.257 e. The lowest BCUT2D eigenvalue weighted by Crippen LogP contribution is -2.29. The molecule has 0 bridgehead atoms. The number of carbonyl (C=O) groups excluding carboxylic acids is 1. The van der Waals surface area contributed by atoms with Gasteiger partial charge in [0.05, 0.1) is 34.1 Å².